The van der Waals surface area contributed by atoms with E-state index in [1.165, 1.54) is 19.3 Å². The molecule has 4 nitrogen and oxygen atoms in total. The summed E-state index contributed by atoms with van der Waals surface area (Å²) in [5.74, 6) is -0.00350. The Kier molecular flexibility index (Phi) is 3.22. The zero-order valence-corrected chi connectivity index (χ0v) is 10.8. The number of hydrogen-bond donors (Lipinski definition) is 2. The summed E-state index contributed by atoms with van der Waals surface area (Å²) in [7, 11) is 0. The van der Waals surface area contributed by atoms with Crippen molar-refractivity contribution >= 4 is 5.91 Å². The van der Waals surface area contributed by atoms with E-state index >= 15 is 0 Å². The first-order valence-corrected chi connectivity index (χ1v) is 6.31. The molecule has 1 heterocycles. The van der Waals surface area contributed by atoms with Crippen LogP contribution in [0.25, 0.3) is 0 Å². The fourth-order valence-corrected chi connectivity index (χ4v) is 2.58. The van der Waals surface area contributed by atoms with Gasteiger partial charge in [-0.3, -0.25) is 9.89 Å². The molecule has 1 atom stereocenters. The van der Waals surface area contributed by atoms with Gasteiger partial charge in [-0.15, -0.1) is 0 Å². The van der Waals surface area contributed by atoms with Gasteiger partial charge < -0.3 is 5.32 Å². The topological polar surface area (TPSA) is 57.8 Å². The number of nitrogens with zero attached hydrogens (tertiary/aromatic N) is 1. The molecule has 1 aliphatic carbocycles. The van der Waals surface area contributed by atoms with E-state index in [-0.39, 0.29) is 17.4 Å². The van der Waals surface area contributed by atoms with Crippen LogP contribution in [0, 0.1) is 12.3 Å². The van der Waals surface area contributed by atoms with Gasteiger partial charge in [-0.25, -0.2) is 0 Å². The molecule has 0 bridgehead atoms. The fraction of sp³-hybridized carbons (Fsp3) is 0.692. The predicted molar refractivity (Wildman–Crippen MR) is 66.8 cm³/mol. The molecule has 0 aromatic carbocycles. The summed E-state index contributed by atoms with van der Waals surface area (Å²) in [6.45, 7) is 6.34. The van der Waals surface area contributed by atoms with Crippen LogP contribution in [-0.2, 0) is 0 Å². The average Bonchev–Trinajstić information content (AvgIpc) is 2.67. The lowest BCUT2D eigenvalue weighted by Crippen LogP contribution is -2.46. The van der Waals surface area contributed by atoms with Crippen molar-refractivity contribution in [3.63, 3.8) is 0 Å². The van der Waals surface area contributed by atoms with Crippen LogP contribution in [0.1, 0.15) is 55.6 Å². The molecule has 1 saturated carbocycles. The third-order valence-electron chi connectivity index (χ3n) is 3.89. The minimum atomic E-state index is -0.00350. The summed E-state index contributed by atoms with van der Waals surface area (Å²) in [6.07, 6.45) is 6.33. The molecule has 2 rings (SSSR count). The van der Waals surface area contributed by atoms with Crippen molar-refractivity contribution in [3.8, 4) is 0 Å². The van der Waals surface area contributed by atoms with Crippen molar-refractivity contribution in [1.29, 1.82) is 0 Å². The Morgan fingerprint density at radius 1 is 1.53 bits per heavy atom. The van der Waals surface area contributed by atoms with E-state index in [1.54, 1.807) is 6.20 Å². The van der Waals surface area contributed by atoms with Crippen LogP contribution in [0.5, 0.6) is 0 Å². The lowest BCUT2D eigenvalue weighted by atomic mass is 9.73. The molecule has 0 radical (unpaired) electrons. The molecule has 0 aliphatic heterocycles. The molecule has 1 fully saturated rings. The smallest absolute Gasteiger partial charge is 0.254 e. The fourth-order valence-electron chi connectivity index (χ4n) is 2.58. The van der Waals surface area contributed by atoms with Crippen molar-refractivity contribution in [2.24, 2.45) is 5.41 Å². The number of aromatic nitrogens is 2. The van der Waals surface area contributed by atoms with Crippen molar-refractivity contribution in [2.45, 2.75) is 52.5 Å². The number of nitrogens with one attached hydrogen (secondary N) is 2. The summed E-state index contributed by atoms with van der Waals surface area (Å²) in [6, 6.07) is 0.276. The molecular weight excluding hydrogens is 214 g/mol. The normalized spacial score (nSPS) is 23.4. The van der Waals surface area contributed by atoms with Gasteiger partial charge in [0.1, 0.15) is 0 Å². The van der Waals surface area contributed by atoms with Gasteiger partial charge in [0, 0.05) is 11.7 Å². The third-order valence-corrected chi connectivity index (χ3v) is 3.89. The van der Waals surface area contributed by atoms with Crippen LogP contribution in [0.2, 0.25) is 0 Å². The minimum Gasteiger partial charge on any atom is -0.349 e. The highest BCUT2D eigenvalue weighted by Gasteiger charge is 2.33. The number of carbonyl (C=O) groups is 1. The predicted octanol–water partition coefficient (Wildman–Crippen LogP) is 2.42. The van der Waals surface area contributed by atoms with Crippen molar-refractivity contribution < 1.29 is 4.79 Å². The first-order valence-electron chi connectivity index (χ1n) is 6.31. The van der Waals surface area contributed by atoms with Gasteiger partial charge in [0.25, 0.3) is 5.91 Å². The number of hydrogen-bond acceptors (Lipinski definition) is 2. The highest BCUT2D eigenvalue weighted by atomic mass is 16.1. The van der Waals surface area contributed by atoms with E-state index in [0.29, 0.717) is 5.56 Å². The van der Waals surface area contributed by atoms with Gasteiger partial charge in [-0.1, -0.05) is 26.7 Å². The van der Waals surface area contributed by atoms with E-state index in [4.69, 9.17) is 0 Å². The lowest BCUT2D eigenvalue weighted by Gasteiger charge is -2.39. The molecule has 94 valence electrons. The maximum atomic E-state index is 12.1. The monoisotopic (exact) mass is 235 g/mol. The largest absolute Gasteiger partial charge is 0.349 e. The van der Waals surface area contributed by atoms with Crippen molar-refractivity contribution in [3.05, 3.63) is 17.5 Å². The SMILES string of the molecule is Cc1[nH]ncc1C(=O)NC1CCCCC1(C)C. The molecule has 0 saturated heterocycles. The number of carbonyl (C=O) groups excluding carboxylic acids is 1. The Balaban J connectivity index is 2.06. The molecule has 1 amide bonds. The van der Waals surface area contributed by atoms with Crippen LogP contribution in [0.4, 0.5) is 0 Å². The second kappa shape index (κ2) is 4.51. The molecule has 4 heteroatoms. The average molecular weight is 235 g/mol. The molecule has 1 unspecified atom stereocenters. The maximum absolute atomic E-state index is 12.1. The molecule has 1 aromatic rings. The molecular formula is C13H21N3O. The summed E-state index contributed by atoms with van der Waals surface area (Å²) < 4.78 is 0. The number of amides is 1. The standard InChI is InChI=1S/C13H21N3O/c1-9-10(8-14-16-9)12(17)15-11-6-4-5-7-13(11,2)3/h8,11H,4-7H2,1-3H3,(H,14,16)(H,15,17). The lowest BCUT2D eigenvalue weighted by molar-refractivity contribution is 0.0853. The highest BCUT2D eigenvalue weighted by molar-refractivity contribution is 5.95. The number of aromatic amines is 1. The quantitative estimate of drug-likeness (QED) is 0.827. The highest BCUT2D eigenvalue weighted by Crippen LogP contribution is 2.35. The van der Waals surface area contributed by atoms with Gasteiger partial charge in [0.15, 0.2) is 0 Å². The van der Waals surface area contributed by atoms with Gasteiger partial charge in [0.05, 0.1) is 11.8 Å². The Morgan fingerprint density at radius 3 is 2.88 bits per heavy atom. The Bertz CT molecular complexity index is 409. The van der Waals surface area contributed by atoms with Crippen LogP contribution < -0.4 is 5.32 Å². The van der Waals surface area contributed by atoms with E-state index in [9.17, 15) is 4.79 Å². The van der Waals surface area contributed by atoms with Gasteiger partial charge in [-0.2, -0.15) is 5.10 Å². The van der Waals surface area contributed by atoms with Crippen molar-refractivity contribution in [2.75, 3.05) is 0 Å². The van der Waals surface area contributed by atoms with Crippen LogP contribution in [0.3, 0.4) is 0 Å². The summed E-state index contributed by atoms with van der Waals surface area (Å²) in [5, 5.41) is 9.84. The second-order valence-corrected chi connectivity index (χ2v) is 5.67. The number of rotatable bonds is 2. The molecule has 1 aliphatic rings. The molecule has 0 spiro atoms. The van der Waals surface area contributed by atoms with Crippen molar-refractivity contribution in [1.82, 2.24) is 15.5 Å². The minimum absolute atomic E-state index is 0.00350. The first-order chi connectivity index (χ1) is 8.00. The zero-order valence-electron chi connectivity index (χ0n) is 10.8. The molecule has 1 aromatic heterocycles. The second-order valence-electron chi connectivity index (χ2n) is 5.67. The Morgan fingerprint density at radius 2 is 2.29 bits per heavy atom. The third kappa shape index (κ3) is 2.51. The van der Waals surface area contributed by atoms with E-state index in [0.717, 1.165) is 12.1 Å². The molecule has 17 heavy (non-hydrogen) atoms. The summed E-state index contributed by atoms with van der Waals surface area (Å²) in [5.41, 5.74) is 1.69. The Hall–Kier alpha value is -1.32. The number of H-pyrrole nitrogens is 1. The summed E-state index contributed by atoms with van der Waals surface area (Å²) >= 11 is 0. The molecule has 2 N–H and O–H groups in total. The van der Waals surface area contributed by atoms with Gasteiger partial charge >= 0.3 is 0 Å². The van der Waals surface area contributed by atoms with E-state index in [1.807, 2.05) is 6.92 Å². The van der Waals surface area contributed by atoms with E-state index in [2.05, 4.69) is 29.4 Å². The first kappa shape index (κ1) is 12.1. The summed E-state index contributed by atoms with van der Waals surface area (Å²) in [4.78, 5) is 12.1. The van der Waals surface area contributed by atoms with E-state index < -0.39 is 0 Å². The maximum Gasteiger partial charge on any atom is 0.254 e. The zero-order chi connectivity index (χ0) is 12.5. The number of aryl methyl sites for hydroxylation is 1. The van der Waals surface area contributed by atoms with Crippen LogP contribution in [0.15, 0.2) is 6.20 Å². The van der Waals surface area contributed by atoms with Crippen LogP contribution >= 0.6 is 0 Å². The Labute approximate surface area is 102 Å². The van der Waals surface area contributed by atoms with Crippen LogP contribution in [-0.4, -0.2) is 22.1 Å². The van der Waals surface area contributed by atoms with Gasteiger partial charge in [-0.05, 0) is 25.2 Å². The van der Waals surface area contributed by atoms with Gasteiger partial charge in [0.2, 0.25) is 0 Å².